The normalized spacial score (nSPS) is 17.5. The van der Waals surface area contributed by atoms with Crippen molar-refractivity contribution in [1.82, 2.24) is 9.97 Å². The lowest BCUT2D eigenvalue weighted by Crippen LogP contribution is -2.27. The van der Waals surface area contributed by atoms with Gasteiger partial charge in [0.25, 0.3) is 0 Å². The van der Waals surface area contributed by atoms with E-state index < -0.39 is 0 Å². The molecule has 3 aromatic rings. The second kappa shape index (κ2) is 12.0. The van der Waals surface area contributed by atoms with Crippen molar-refractivity contribution in [2.24, 2.45) is 0 Å². The van der Waals surface area contributed by atoms with Crippen LogP contribution in [0.15, 0.2) is 24.5 Å². The number of halogens is 1. The number of aryl methyl sites for hydroxylation is 1. The highest BCUT2D eigenvalue weighted by molar-refractivity contribution is 7.20. The fourth-order valence-electron chi connectivity index (χ4n) is 3.89. The third kappa shape index (κ3) is 6.06. The van der Waals surface area contributed by atoms with E-state index >= 15 is 0 Å². The zero-order chi connectivity index (χ0) is 23.3. The summed E-state index contributed by atoms with van der Waals surface area (Å²) in [7, 11) is 1.73. The van der Waals surface area contributed by atoms with E-state index in [9.17, 15) is 9.18 Å². The number of aromatic nitrogens is 2. The van der Waals surface area contributed by atoms with Gasteiger partial charge in [0.1, 0.15) is 28.5 Å². The minimum absolute atomic E-state index is 0. The molecule has 1 aliphatic rings. The van der Waals surface area contributed by atoms with E-state index in [0.717, 1.165) is 41.5 Å². The lowest BCUT2D eigenvalue weighted by molar-refractivity contribution is 0.0329. The zero-order valence-electron chi connectivity index (χ0n) is 19.2. The molecule has 4 rings (SSSR count). The van der Waals surface area contributed by atoms with Crippen LogP contribution in [0.2, 0.25) is 0 Å². The molecule has 0 saturated heterocycles. The Labute approximate surface area is 199 Å². The van der Waals surface area contributed by atoms with Crippen molar-refractivity contribution in [3.63, 3.8) is 0 Å². The molecule has 1 aromatic carbocycles. The van der Waals surface area contributed by atoms with E-state index in [0.29, 0.717) is 22.1 Å². The molecule has 0 amide bonds. The molecule has 1 aliphatic carbocycles. The molecule has 1 saturated carbocycles. The van der Waals surface area contributed by atoms with Gasteiger partial charge in [-0.2, -0.15) is 0 Å². The Morgan fingerprint density at radius 1 is 1.15 bits per heavy atom. The summed E-state index contributed by atoms with van der Waals surface area (Å²) in [5, 5.41) is 4.07. The molecule has 0 spiro atoms. The molecule has 180 valence electrons. The van der Waals surface area contributed by atoms with Crippen LogP contribution in [0.1, 0.15) is 69.1 Å². The van der Waals surface area contributed by atoms with Crippen LogP contribution in [0.4, 0.5) is 15.9 Å². The fourth-order valence-corrected chi connectivity index (χ4v) is 4.94. The number of Topliss-reactive ketones (excluding diaryl/α,β-unsaturated/α-hetero) is 1. The van der Waals surface area contributed by atoms with Gasteiger partial charge in [-0.1, -0.05) is 21.3 Å². The monoisotopic (exact) mass is 475 g/mol. The lowest BCUT2D eigenvalue weighted by atomic mass is 9.95. The van der Waals surface area contributed by atoms with Crippen LogP contribution in [0.25, 0.3) is 10.2 Å². The summed E-state index contributed by atoms with van der Waals surface area (Å²) >= 11 is 1.35. The minimum atomic E-state index is -0.362. The van der Waals surface area contributed by atoms with Crippen molar-refractivity contribution in [3.8, 4) is 5.75 Å². The maximum absolute atomic E-state index is 14.0. The van der Waals surface area contributed by atoms with E-state index in [1.54, 1.807) is 20.1 Å². The van der Waals surface area contributed by atoms with Gasteiger partial charge in [-0.25, -0.2) is 14.4 Å². The molecule has 8 heteroatoms. The van der Waals surface area contributed by atoms with Crippen molar-refractivity contribution in [2.45, 2.75) is 73.0 Å². The number of hydrogen-bond donors (Lipinski definition) is 1. The molecule has 0 atom stereocenters. The average molecular weight is 476 g/mol. The summed E-state index contributed by atoms with van der Waals surface area (Å²) in [6.07, 6.45) is 5.30. The van der Waals surface area contributed by atoms with Gasteiger partial charge < -0.3 is 14.8 Å². The number of hydrogen-bond acceptors (Lipinski definition) is 7. The number of thiophene rings is 1. The van der Waals surface area contributed by atoms with Crippen LogP contribution in [0.3, 0.4) is 0 Å². The Balaban J connectivity index is 0.00000125. The first-order valence-corrected chi connectivity index (χ1v) is 11.8. The van der Waals surface area contributed by atoms with Gasteiger partial charge in [-0.15, -0.1) is 11.3 Å². The lowest BCUT2D eigenvalue weighted by Gasteiger charge is -2.28. The van der Waals surface area contributed by atoms with Crippen LogP contribution in [-0.2, 0) is 4.74 Å². The number of ether oxygens (including phenoxy) is 2. The third-order valence-electron chi connectivity index (χ3n) is 5.49. The van der Waals surface area contributed by atoms with E-state index in [1.165, 1.54) is 29.8 Å². The summed E-state index contributed by atoms with van der Waals surface area (Å²) in [6.45, 7) is 7.43. The molecule has 0 radical (unpaired) electrons. The molecule has 0 bridgehead atoms. The maximum Gasteiger partial charge on any atom is 0.170 e. The first-order valence-electron chi connectivity index (χ1n) is 11.0. The van der Waals surface area contributed by atoms with Gasteiger partial charge in [0, 0.05) is 13.2 Å². The highest BCUT2D eigenvalue weighted by Gasteiger charge is 2.24. The number of fused-ring (bicyclic) bond motifs is 1. The summed E-state index contributed by atoms with van der Waals surface area (Å²) in [5.41, 5.74) is 1.47. The van der Waals surface area contributed by atoms with Crippen LogP contribution in [-0.4, -0.2) is 35.1 Å². The Hall–Kier alpha value is -2.58. The number of carbonyl (C=O) groups excluding carboxylic acids is 1. The minimum Gasteiger partial charge on any atom is -0.488 e. The van der Waals surface area contributed by atoms with Crippen LogP contribution in [0.5, 0.6) is 5.75 Å². The third-order valence-corrected chi connectivity index (χ3v) is 6.79. The number of rotatable bonds is 6. The highest BCUT2D eigenvalue weighted by Crippen LogP contribution is 2.37. The topological polar surface area (TPSA) is 73.3 Å². The first-order chi connectivity index (χ1) is 15.5. The van der Waals surface area contributed by atoms with Crippen LogP contribution in [0, 0.1) is 12.7 Å². The number of nitrogens with zero attached hydrogens (tertiary/aromatic N) is 2. The molecule has 2 heterocycles. The molecular formula is C25H34FN3O3S. The number of methoxy groups -OCH3 is 1. The SMILES string of the molecule is C.CC.COC1CCC(Oc2cc(F)ccc2Nc2ncnc3sc(C(C)=O)c(C)c23)CC1. The summed E-state index contributed by atoms with van der Waals surface area (Å²) in [6, 6.07) is 4.43. The Kier molecular flexibility index (Phi) is 9.73. The van der Waals surface area contributed by atoms with Crippen LogP contribution < -0.4 is 10.1 Å². The van der Waals surface area contributed by atoms with Crippen LogP contribution >= 0.6 is 11.3 Å². The quantitative estimate of drug-likeness (QED) is 0.384. The molecule has 33 heavy (non-hydrogen) atoms. The Bertz CT molecular complexity index is 1080. The van der Waals surface area contributed by atoms with Crippen molar-refractivity contribution >= 4 is 38.8 Å². The summed E-state index contributed by atoms with van der Waals surface area (Å²) < 4.78 is 25.6. The standard InChI is InChI=1S/C22H24FN3O3S.C2H6.CH4/c1-12-19-21(24-11-25-22(19)30-20(12)13(2)27)26-17-9-4-14(23)10-18(17)29-16-7-5-15(28-3)6-8-16;1-2;/h4,9-11,15-16H,5-8H2,1-3H3,(H,24,25,26);1-2H3;1H4. The summed E-state index contributed by atoms with van der Waals surface area (Å²) in [4.78, 5) is 22.0. The molecule has 6 nitrogen and oxygen atoms in total. The number of nitrogens with one attached hydrogen (secondary N) is 1. The van der Waals surface area contributed by atoms with Crippen molar-refractivity contribution < 1.29 is 18.7 Å². The van der Waals surface area contributed by atoms with E-state index in [-0.39, 0.29) is 31.2 Å². The predicted molar refractivity (Wildman–Crippen MR) is 134 cm³/mol. The van der Waals surface area contributed by atoms with Gasteiger partial charge in [0.05, 0.1) is 28.2 Å². The summed E-state index contributed by atoms with van der Waals surface area (Å²) in [5.74, 6) is 0.654. The smallest absolute Gasteiger partial charge is 0.170 e. The van der Waals surface area contributed by atoms with Gasteiger partial charge >= 0.3 is 0 Å². The molecule has 2 aromatic heterocycles. The van der Waals surface area contributed by atoms with Gasteiger partial charge in [-0.3, -0.25) is 4.79 Å². The van der Waals surface area contributed by atoms with Crippen molar-refractivity contribution in [2.75, 3.05) is 12.4 Å². The number of anilines is 2. The zero-order valence-corrected chi connectivity index (χ0v) is 20.0. The van der Waals surface area contributed by atoms with Gasteiger partial charge in [0.2, 0.25) is 0 Å². The van der Waals surface area contributed by atoms with Crippen molar-refractivity contribution in [3.05, 3.63) is 40.8 Å². The number of ketones is 1. The molecule has 1 fully saturated rings. The first kappa shape index (κ1) is 26.7. The Morgan fingerprint density at radius 3 is 2.45 bits per heavy atom. The van der Waals surface area contributed by atoms with E-state index in [1.807, 2.05) is 20.8 Å². The van der Waals surface area contributed by atoms with E-state index in [2.05, 4.69) is 15.3 Å². The largest absolute Gasteiger partial charge is 0.488 e. The molecule has 0 aliphatic heterocycles. The van der Waals surface area contributed by atoms with Gasteiger partial charge in [0.15, 0.2) is 5.78 Å². The average Bonchev–Trinajstić information content (AvgIpc) is 3.15. The molecular weight excluding hydrogens is 441 g/mol. The van der Waals surface area contributed by atoms with Gasteiger partial charge in [-0.05, 0) is 57.2 Å². The predicted octanol–water partition coefficient (Wildman–Crippen LogP) is 7.08. The van der Waals surface area contributed by atoms with Crippen molar-refractivity contribution in [1.29, 1.82) is 0 Å². The van der Waals surface area contributed by atoms with E-state index in [4.69, 9.17) is 9.47 Å². The Morgan fingerprint density at radius 2 is 1.82 bits per heavy atom. The second-order valence-corrected chi connectivity index (χ2v) is 8.53. The second-order valence-electron chi connectivity index (χ2n) is 7.53. The maximum atomic E-state index is 14.0. The number of carbonyl (C=O) groups is 1. The fraction of sp³-hybridized carbons (Fsp3) is 0.480. The molecule has 0 unspecified atom stereocenters. The number of benzene rings is 1. The highest BCUT2D eigenvalue weighted by atomic mass is 32.1. The molecule has 1 N–H and O–H groups in total.